The highest BCUT2D eigenvalue weighted by Gasteiger charge is 2.11. The van der Waals surface area contributed by atoms with Crippen molar-refractivity contribution in [3.8, 4) is 6.07 Å². The molecule has 0 fully saturated rings. The third-order valence-electron chi connectivity index (χ3n) is 2.52. The predicted octanol–water partition coefficient (Wildman–Crippen LogP) is 2.10. The maximum Gasteiger partial charge on any atom is 0.121 e. The molecule has 1 unspecified atom stereocenters. The third-order valence-corrected chi connectivity index (χ3v) is 2.52. The Balaban J connectivity index is 2.76. The van der Waals surface area contributed by atoms with Crippen molar-refractivity contribution in [3.05, 3.63) is 34.9 Å². The fourth-order valence-corrected chi connectivity index (χ4v) is 1.68. The number of nitriles is 1. The van der Waals surface area contributed by atoms with Crippen LogP contribution in [0.5, 0.6) is 0 Å². The highest BCUT2D eigenvalue weighted by molar-refractivity contribution is 5.35. The Morgan fingerprint density at radius 2 is 2.19 bits per heavy atom. The second-order valence-corrected chi connectivity index (χ2v) is 3.87. The quantitative estimate of drug-likeness (QED) is 0.770. The van der Waals surface area contributed by atoms with Gasteiger partial charge < -0.3 is 4.74 Å². The van der Waals surface area contributed by atoms with Crippen molar-refractivity contribution < 1.29 is 4.74 Å². The van der Waals surface area contributed by atoms with Gasteiger partial charge in [-0.3, -0.25) is 5.32 Å². The standard InChI is InChI=1S/C13H18N2O/c1-10-4-5-12(11(2)8-10)13(9-14)15-6-7-16-3/h4-5,8,13,15H,6-7H2,1-3H3. The molecule has 0 spiro atoms. The van der Waals surface area contributed by atoms with E-state index in [-0.39, 0.29) is 6.04 Å². The molecule has 0 aromatic heterocycles. The number of aryl methyl sites for hydroxylation is 2. The van der Waals surface area contributed by atoms with Gasteiger partial charge in [-0.05, 0) is 25.0 Å². The molecule has 16 heavy (non-hydrogen) atoms. The van der Waals surface area contributed by atoms with Crippen LogP contribution in [0.1, 0.15) is 22.7 Å². The molecule has 1 atom stereocenters. The first-order chi connectivity index (χ1) is 7.69. The lowest BCUT2D eigenvalue weighted by Crippen LogP contribution is -2.24. The molecule has 0 aliphatic carbocycles. The summed E-state index contributed by atoms with van der Waals surface area (Å²) in [5, 5.41) is 12.3. The minimum Gasteiger partial charge on any atom is -0.383 e. The Bertz CT molecular complexity index is 382. The van der Waals surface area contributed by atoms with Crippen LogP contribution in [0.4, 0.5) is 0 Å². The van der Waals surface area contributed by atoms with Crippen LogP contribution in [0.3, 0.4) is 0 Å². The summed E-state index contributed by atoms with van der Waals surface area (Å²) in [7, 11) is 1.65. The van der Waals surface area contributed by atoms with Crippen molar-refractivity contribution in [1.82, 2.24) is 5.32 Å². The van der Waals surface area contributed by atoms with Gasteiger partial charge in [0.2, 0.25) is 0 Å². The molecule has 86 valence electrons. The van der Waals surface area contributed by atoms with E-state index >= 15 is 0 Å². The molecule has 0 saturated heterocycles. The first-order valence-electron chi connectivity index (χ1n) is 5.38. The van der Waals surface area contributed by atoms with Crippen LogP contribution in [0.15, 0.2) is 18.2 Å². The summed E-state index contributed by atoms with van der Waals surface area (Å²) in [5.41, 5.74) is 3.41. The minimum absolute atomic E-state index is 0.254. The summed E-state index contributed by atoms with van der Waals surface area (Å²) in [5.74, 6) is 0. The van der Waals surface area contributed by atoms with Gasteiger partial charge in [0.25, 0.3) is 0 Å². The SMILES string of the molecule is COCCNC(C#N)c1ccc(C)cc1C. The zero-order valence-electron chi connectivity index (χ0n) is 10.1. The maximum atomic E-state index is 9.12. The first-order valence-corrected chi connectivity index (χ1v) is 5.38. The van der Waals surface area contributed by atoms with Crippen LogP contribution < -0.4 is 5.32 Å². The normalized spacial score (nSPS) is 12.1. The van der Waals surface area contributed by atoms with E-state index in [2.05, 4.69) is 24.4 Å². The molecule has 1 rings (SSSR count). The van der Waals surface area contributed by atoms with Gasteiger partial charge in [-0.25, -0.2) is 0 Å². The molecule has 0 radical (unpaired) electrons. The fraction of sp³-hybridized carbons (Fsp3) is 0.462. The van der Waals surface area contributed by atoms with Gasteiger partial charge in [0, 0.05) is 13.7 Å². The van der Waals surface area contributed by atoms with Crippen molar-refractivity contribution >= 4 is 0 Å². The summed E-state index contributed by atoms with van der Waals surface area (Å²) < 4.78 is 4.95. The molecule has 0 aliphatic rings. The molecule has 0 bridgehead atoms. The zero-order valence-corrected chi connectivity index (χ0v) is 10.1. The van der Waals surface area contributed by atoms with Gasteiger partial charge in [0.05, 0.1) is 12.7 Å². The molecule has 3 nitrogen and oxygen atoms in total. The van der Waals surface area contributed by atoms with Gasteiger partial charge in [-0.2, -0.15) is 5.26 Å². The van der Waals surface area contributed by atoms with Crippen molar-refractivity contribution in [3.63, 3.8) is 0 Å². The van der Waals surface area contributed by atoms with E-state index < -0.39 is 0 Å². The second-order valence-electron chi connectivity index (χ2n) is 3.87. The minimum atomic E-state index is -0.254. The van der Waals surface area contributed by atoms with E-state index in [1.165, 1.54) is 5.56 Å². The Hall–Kier alpha value is -1.37. The number of nitrogens with zero attached hydrogens (tertiary/aromatic N) is 1. The Morgan fingerprint density at radius 1 is 1.44 bits per heavy atom. The van der Waals surface area contributed by atoms with Crippen molar-refractivity contribution in [2.75, 3.05) is 20.3 Å². The summed E-state index contributed by atoms with van der Waals surface area (Å²) in [6.45, 7) is 5.38. The molecule has 0 aliphatic heterocycles. The third kappa shape index (κ3) is 3.34. The molecule has 0 amide bonds. The lowest BCUT2D eigenvalue weighted by molar-refractivity contribution is 0.198. The van der Waals surface area contributed by atoms with Crippen LogP contribution in [0, 0.1) is 25.2 Å². The lowest BCUT2D eigenvalue weighted by atomic mass is 10.00. The van der Waals surface area contributed by atoms with Gasteiger partial charge in [0.1, 0.15) is 6.04 Å². The van der Waals surface area contributed by atoms with E-state index in [1.54, 1.807) is 7.11 Å². The van der Waals surface area contributed by atoms with E-state index in [1.807, 2.05) is 19.1 Å². The van der Waals surface area contributed by atoms with Crippen molar-refractivity contribution in [1.29, 1.82) is 5.26 Å². The average molecular weight is 218 g/mol. The molecule has 3 heteroatoms. The Kier molecular flexibility index (Phi) is 4.97. The van der Waals surface area contributed by atoms with E-state index in [0.29, 0.717) is 13.2 Å². The Morgan fingerprint density at radius 3 is 2.75 bits per heavy atom. The maximum absolute atomic E-state index is 9.12. The molecule has 1 N–H and O–H groups in total. The number of methoxy groups -OCH3 is 1. The zero-order chi connectivity index (χ0) is 12.0. The van der Waals surface area contributed by atoms with E-state index in [4.69, 9.17) is 10.00 Å². The van der Waals surface area contributed by atoms with E-state index in [0.717, 1.165) is 11.1 Å². The van der Waals surface area contributed by atoms with Gasteiger partial charge in [0.15, 0.2) is 0 Å². The number of benzene rings is 1. The monoisotopic (exact) mass is 218 g/mol. The van der Waals surface area contributed by atoms with Crippen molar-refractivity contribution in [2.45, 2.75) is 19.9 Å². The van der Waals surface area contributed by atoms with Crippen LogP contribution >= 0.6 is 0 Å². The molecule has 0 saturated carbocycles. The molecule has 1 aromatic rings. The van der Waals surface area contributed by atoms with Crippen LogP contribution in [-0.4, -0.2) is 20.3 Å². The predicted molar refractivity (Wildman–Crippen MR) is 64.1 cm³/mol. The van der Waals surface area contributed by atoms with Crippen molar-refractivity contribution in [2.24, 2.45) is 0 Å². The molecular formula is C13H18N2O. The number of rotatable bonds is 5. The summed E-state index contributed by atoms with van der Waals surface area (Å²) in [4.78, 5) is 0. The van der Waals surface area contributed by atoms with Crippen LogP contribution in [0.2, 0.25) is 0 Å². The van der Waals surface area contributed by atoms with Crippen LogP contribution in [0.25, 0.3) is 0 Å². The number of hydrogen-bond acceptors (Lipinski definition) is 3. The molecule has 1 aromatic carbocycles. The summed E-state index contributed by atoms with van der Waals surface area (Å²) in [6.07, 6.45) is 0. The van der Waals surface area contributed by atoms with Gasteiger partial charge in [-0.1, -0.05) is 23.8 Å². The molecule has 0 heterocycles. The molecular weight excluding hydrogens is 200 g/mol. The summed E-state index contributed by atoms with van der Waals surface area (Å²) in [6, 6.07) is 8.16. The van der Waals surface area contributed by atoms with E-state index in [9.17, 15) is 0 Å². The highest BCUT2D eigenvalue weighted by atomic mass is 16.5. The first kappa shape index (κ1) is 12.7. The summed E-state index contributed by atoms with van der Waals surface area (Å²) >= 11 is 0. The highest BCUT2D eigenvalue weighted by Crippen LogP contribution is 2.18. The van der Waals surface area contributed by atoms with Crippen LogP contribution in [-0.2, 0) is 4.74 Å². The topological polar surface area (TPSA) is 45.0 Å². The largest absolute Gasteiger partial charge is 0.383 e. The average Bonchev–Trinajstić information content (AvgIpc) is 2.26. The fourth-order valence-electron chi connectivity index (χ4n) is 1.68. The lowest BCUT2D eigenvalue weighted by Gasteiger charge is -2.14. The van der Waals surface area contributed by atoms with Gasteiger partial charge >= 0.3 is 0 Å². The smallest absolute Gasteiger partial charge is 0.121 e. The number of hydrogen-bond donors (Lipinski definition) is 1. The Labute approximate surface area is 97.0 Å². The second kappa shape index (κ2) is 6.26. The number of nitrogens with one attached hydrogen (secondary N) is 1. The number of ether oxygens (including phenoxy) is 1. The van der Waals surface area contributed by atoms with Gasteiger partial charge in [-0.15, -0.1) is 0 Å².